The molecule has 252 valence electrons. The van der Waals surface area contributed by atoms with Crippen LogP contribution in [0.15, 0.2) is 60.5 Å². The molecule has 3 aliphatic rings. The summed E-state index contributed by atoms with van der Waals surface area (Å²) >= 11 is 0. The number of aliphatic hydroxyl groups excluding tert-OH is 1. The molecule has 7 N–H and O–H groups in total. The Morgan fingerprint density at radius 2 is 1.87 bits per heavy atom. The maximum Gasteiger partial charge on any atom is 0.268 e. The molecule has 45 heavy (non-hydrogen) atoms. The molecule has 2 heterocycles. The Kier molecular flexibility index (Phi) is 18.4. The van der Waals surface area contributed by atoms with Gasteiger partial charge in [-0.3, -0.25) is 25.3 Å². The van der Waals surface area contributed by atoms with Crippen molar-refractivity contribution in [2.24, 2.45) is 10.7 Å². The van der Waals surface area contributed by atoms with E-state index < -0.39 is 17.7 Å². The first-order valence-electron chi connectivity index (χ1n) is 15.5. The maximum atomic E-state index is 13.2. The number of allylic oxidation sites excluding steroid dienone is 1. The number of amides is 2. The lowest BCUT2D eigenvalue weighted by atomic mass is 9.84. The Bertz CT molecular complexity index is 1200. The van der Waals surface area contributed by atoms with Crippen molar-refractivity contribution in [3.8, 4) is 0 Å². The van der Waals surface area contributed by atoms with Gasteiger partial charge in [0.2, 0.25) is 5.84 Å². The largest absolute Gasteiger partial charge is 0.388 e. The summed E-state index contributed by atoms with van der Waals surface area (Å²) in [6.07, 6.45) is 7.21. The van der Waals surface area contributed by atoms with Crippen LogP contribution in [0.2, 0.25) is 0 Å². The molecule has 4 atom stereocenters. The standard InChI is InChI=1S/C23H33N5O2.C5H8N2O.C3H8.C3H6.CH4/c1-4-20(24)27-19-12-25-14(2)28-13-18(21(29)23(19,28)3)26-22(30)17-11-7-9-15-8-5-6-10-16(15)17;1-4(6-2)5(8)7-3;2*1-3-2;/h7,9,11,18-19,21,25,29H,2,4-6,8,10,12-13H2,1,3H3,(H2,24,27)(H,26,30);1-2H2,3H3,(H,7,8);3H2,1-2H3;3H,1H2,2H3;1H4/p+1. The van der Waals surface area contributed by atoms with Crippen molar-refractivity contribution in [3.05, 3.63) is 72.2 Å². The van der Waals surface area contributed by atoms with Gasteiger partial charge in [-0.05, 0) is 63.4 Å². The second-order valence-corrected chi connectivity index (χ2v) is 11.2. The van der Waals surface area contributed by atoms with Crippen molar-refractivity contribution in [1.29, 1.82) is 0 Å². The number of likely N-dealkylation sites (N-methyl/N-ethyl adjacent to an activating group) is 1. The first-order valence-corrected chi connectivity index (χ1v) is 15.5. The minimum absolute atomic E-state index is 0. The van der Waals surface area contributed by atoms with Crippen molar-refractivity contribution in [2.45, 2.75) is 104 Å². The molecule has 0 bridgehead atoms. The summed E-state index contributed by atoms with van der Waals surface area (Å²) in [5, 5.41) is 20.1. The van der Waals surface area contributed by atoms with Gasteiger partial charge >= 0.3 is 0 Å². The fraction of sp³-hybridized carbons (Fsp3) is 0.543. The quantitative estimate of drug-likeness (QED) is 0.124. The van der Waals surface area contributed by atoms with Gasteiger partial charge in [0.05, 0.1) is 18.4 Å². The predicted octanol–water partition coefficient (Wildman–Crippen LogP) is 2.58. The molecule has 2 fully saturated rings. The van der Waals surface area contributed by atoms with Crippen LogP contribution in [-0.4, -0.2) is 78.2 Å². The highest BCUT2D eigenvalue weighted by Gasteiger charge is 2.58. The smallest absolute Gasteiger partial charge is 0.268 e. The van der Waals surface area contributed by atoms with Gasteiger partial charge in [0.1, 0.15) is 23.4 Å². The monoisotopic (exact) mass is 626 g/mol. The Labute approximate surface area is 272 Å². The van der Waals surface area contributed by atoms with E-state index in [9.17, 15) is 14.7 Å². The number of nitrogens with one attached hydrogen (secondary N) is 4. The molecule has 4 unspecified atom stereocenters. The van der Waals surface area contributed by atoms with Crippen LogP contribution in [0.1, 0.15) is 89.2 Å². The number of carbonyl (C=O) groups excluding carboxylic acids is 2. The minimum Gasteiger partial charge on any atom is -0.388 e. The number of nitrogens with zero attached hydrogens (tertiary/aromatic N) is 2. The van der Waals surface area contributed by atoms with Crippen LogP contribution in [0.3, 0.4) is 0 Å². The van der Waals surface area contributed by atoms with E-state index in [1.54, 1.807) is 6.08 Å². The molecule has 0 saturated carbocycles. The number of amidine groups is 1. The van der Waals surface area contributed by atoms with E-state index in [-0.39, 0.29) is 31.0 Å². The summed E-state index contributed by atoms with van der Waals surface area (Å²) in [6, 6.07) is 5.48. The zero-order valence-corrected chi connectivity index (χ0v) is 27.8. The highest BCUT2D eigenvalue weighted by molar-refractivity contribution is 5.96. The Morgan fingerprint density at radius 3 is 2.40 bits per heavy atom. The van der Waals surface area contributed by atoms with Crippen molar-refractivity contribution in [3.63, 3.8) is 0 Å². The second-order valence-electron chi connectivity index (χ2n) is 11.2. The van der Waals surface area contributed by atoms with Crippen molar-refractivity contribution < 1.29 is 19.7 Å². The van der Waals surface area contributed by atoms with Gasteiger partial charge in [-0.2, -0.15) is 0 Å². The van der Waals surface area contributed by atoms with Crippen LogP contribution >= 0.6 is 0 Å². The molecule has 1 aromatic carbocycles. The van der Waals surface area contributed by atoms with Gasteiger partial charge in [0, 0.05) is 25.6 Å². The zero-order valence-electron chi connectivity index (χ0n) is 27.8. The van der Waals surface area contributed by atoms with Crippen molar-refractivity contribution in [2.75, 3.05) is 20.1 Å². The summed E-state index contributed by atoms with van der Waals surface area (Å²) in [5.74, 6) is 1.05. The van der Waals surface area contributed by atoms with E-state index in [1.807, 2.05) is 32.9 Å². The van der Waals surface area contributed by atoms with Crippen molar-refractivity contribution in [1.82, 2.24) is 20.9 Å². The second kappa shape index (κ2) is 20.2. The van der Waals surface area contributed by atoms with Crippen LogP contribution in [0.4, 0.5) is 0 Å². The number of fused-ring (bicyclic) bond motifs is 2. The Hall–Kier alpha value is -3.92. The molecule has 1 aromatic rings. The molecule has 1 aliphatic carbocycles. The topological polar surface area (TPSA) is 146 Å². The number of benzene rings is 1. The molecular formula is C35H60N7O3+. The van der Waals surface area contributed by atoms with Gasteiger partial charge < -0.3 is 26.0 Å². The summed E-state index contributed by atoms with van der Waals surface area (Å²) in [5.41, 5.74) is 8.76. The molecule has 2 saturated heterocycles. The molecule has 4 rings (SSSR count). The first-order chi connectivity index (χ1) is 20.9. The van der Waals surface area contributed by atoms with Gasteiger partial charge in [-0.25, -0.2) is 0 Å². The molecule has 2 amide bonds. The fourth-order valence-electron chi connectivity index (χ4n) is 5.48. The number of aliphatic hydroxyl groups is 1. The minimum atomic E-state index is -0.762. The summed E-state index contributed by atoms with van der Waals surface area (Å²) in [7, 11) is 1.51. The Balaban J connectivity index is 0.00000109. The molecular weight excluding hydrogens is 566 g/mol. The molecule has 0 spiro atoms. The molecule has 2 aliphatic heterocycles. The third-order valence-corrected chi connectivity index (χ3v) is 7.86. The van der Waals surface area contributed by atoms with Crippen LogP contribution in [0.25, 0.3) is 0 Å². The van der Waals surface area contributed by atoms with E-state index in [4.69, 9.17) is 5.73 Å². The number of aryl methyl sites for hydroxylation is 1. The van der Waals surface area contributed by atoms with Crippen LogP contribution in [0, 0.1) is 0 Å². The lowest BCUT2D eigenvalue weighted by Crippen LogP contribution is -2.92. The average molecular weight is 627 g/mol. The molecule has 0 radical (unpaired) electrons. The fourth-order valence-corrected chi connectivity index (χ4v) is 5.48. The van der Waals surface area contributed by atoms with E-state index in [2.05, 4.69) is 77.2 Å². The van der Waals surface area contributed by atoms with E-state index >= 15 is 0 Å². The van der Waals surface area contributed by atoms with E-state index in [0.717, 1.165) is 36.2 Å². The van der Waals surface area contributed by atoms with Gasteiger partial charge in [0.15, 0.2) is 0 Å². The summed E-state index contributed by atoms with van der Waals surface area (Å²) < 4.78 is 0. The van der Waals surface area contributed by atoms with Crippen LogP contribution < -0.4 is 26.7 Å². The summed E-state index contributed by atoms with van der Waals surface area (Å²) in [4.78, 5) is 32.3. The molecule has 0 aromatic heterocycles. The van der Waals surface area contributed by atoms with E-state index in [1.165, 1.54) is 25.5 Å². The zero-order chi connectivity index (χ0) is 33.4. The molecule has 10 heteroatoms. The molecule has 10 nitrogen and oxygen atoms in total. The number of rotatable bonds is 6. The number of aliphatic imine (C=N–C) groups is 1. The van der Waals surface area contributed by atoms with Crippen LogP contribution in [0.5, 0.6) is 0 Å². The average Bonchev–Trinajstić information content (AvgIpc) is 3.29. The van der Waals surface area contributed by atoms with E-state index in [0.29, 0.717) is 25.3 Å². The number of nitrogens with two attached hydrogens (primary N) is 1. The normalized spacial score (nSPS) is 22.7. The number of hydrogen-bond donors (Lipinski definition) is 6. The lowest BCUT2D eigenvalue weighted by molar-refractivity contribution is -0.525. The van der Waals surface area contributed by atoms with Gasteiger partial charge in [0.25, 0.3) is 11.8 Å². The third kappa shape index (κ3) is 10.6. The SMILES string of the molecule is C.C=C1NCC([NH+]=C(N)CC)C2(C)C(O)C(NC(=O)c3cccc4c3CCCC4)CN12.C=CC.C=NC(=C)C(=O)NC.CCC. The lowest BCUT2D eigenvalue weighted by Gasteiger charge is -2.46. The van der Waals surface area contributed by atoms with Gasteiger partial charge in [-0.1, -0.05) is 66.0 Å². The van der Waals surface area contributed by atoms with Gasteiger partial charge in [-0.15, -0.1) is 6.58 Å². The third-order valence-electron chi connectivity index (χ3n) is 7.86. The predicted molar refractivity (Wildman–Crippen MR) is 188 cm³/mol. The summed E-state index contributed by atoms with van der Waals surface area (Å²) in [6.45, 7) is 25.2. The first kappa shape index (κ1) is 41.1. The van der Waals surface area contributed by atoms with Crippen LogP contribution in [-0.2, 0) is 17.6 Å². The maximum absolute atomic E-state index is 13.2. The number of hydrogen-bond acceptors (Lipinski definition) is 6. The highest BCUT2D eigenvalue weighted by atomic mass is 16.3. The van der Waals surface area contributed by atoms with Crippen molar-refractivity contribution >= 4 is 24.4 Å². The highest BCUT2D eigenvalue weighted by Crippen LogP contribution is 2.36. The Morgan fingerprint density at radius 1 is 1.27 bits per heavy atom. The number of carbonyl (C=O) groups is 2.